The van der Waals surface area contributed by atoms with E-state index < -0.39 is 0 Å². The standard InChI is InChI=1S/C10H20N6/c1-16(8-4-2-3-5-8)7-6-12-10-13-9(11)14-15-10/h8H,2-7H2,1H3,(H4,11,12,13,14,15). The summed E-state index contributed by atoms with van der Waals surface area (Å²) in [5, 5.41) is 9.67. The summed E-state index contributed by atoms with van der Waals surface area (Å²) in [6.45, 7) is 1.86. The Bertz CT molecular complexity index is 317. The number of nitrogen functional groups attached to an aromatic ring is 1. The van der Waals surface area contributed by atoms with Crippen LogP contribution in [0.5, 0.6) is 0 Å². The number of rotatable bonds is 5. The van der Waals surface area contributed by atoms with Gasteiger partial charge in [-0.1, -0.05) is 12.8 Å². The van der Waals surface area contributed by atoms with E-state index in [4.69, 9.17) is 5.73 Å². The molecule has 0 bridgehead atoms. The van der Waals surface area contributed by atoms with Gasteiger partial charge < -0.3 is 16.0 Å². The molecule has 1 aliphatic carbocycles. The highest BCUT2D eigenvalue weighted by Crippen LogP contribution is 2.21. The fourth-order valence-corrected chi connectivity index (χ4v) is 2.23. The third-order valence-corrected chi connectivity index (χ3v) is 3.20. The van der Waals surface area contributed by atoms with Gasteiger partial charge in [-0.05, 0) is 19.9 Å². The van der Waals surface area contributed by atoms with E-state index >= 15 is 0 Å². The van der Waals surface area contributed by atoms with Crippen LogP contribution in [0, 0.1) is 0 Å². The van der Waals surface area contributed by atoms with Gasteiger partial charge >= 0.3 is 0 Å². The molecule has 6 heteroatoms. The number of hydrogen-bond acceptors (Lipinski definition) is 5. The van der Waals surface area contributed by atoms with Crippen molar-refractivity contribution in [2.45, 2.75) is 31.7 Å². The number of hydrogen-bond donors (Lipinski definition) is 3. The highest BCUT2D eigenvalue weighted by molar-refractivity contribution is 5.29. The molecule has 0 amide bonds. The molecule has 1 aromatic rings. The molecule has 1 saturated carbocycles. The second-order valence-corrected chi connectivity index (χ2v) is 4.39. The second-order valence-electron chi connectivity index (χ2n) is 4.39. The average Bonchev–Trinajstić information content (AvgIpc) is 2.89. The van der Waals surface area contributed by atoms with Crippen LogP contribution in [0.4, 0.5) is 11.9 Å². The maximum Gasteiger partial charge on any atom is 0.243 e. The van der Waals surface area contributed by atoms with E-state index in [1.54, 1.807) is 0 Å². The number of aromatic amines is 1. The first-order chi connectivity index (χ1) is 7.75. The fourth-order valence-electron chi connectivity index (χ4n) is 2.23. The maximum atomic E-state index is 5.43. The van der Waals surface area contributed by atoms with Crippen LogP contribution in [0.25, 0.3) is 0 Å². The normalized spacial score (nSPS) is 17.1. The Morgan fingerprint density at radius 3 is 2.88 bits per heavy atom. The smallest absolute Gasteiger partial charge is 0.243 e. The molecular formula is C10H20N6. The zero-order chi connectivity index (χ0) is 11.4. The first-order valence-corrected chi connectivity index (χ1v) is 5.87. The minimum absolute atomic E-state index is 0.353. The SMILES string of the molecule is CN(CCNc1n[nH]c(N)n1)C1CCCC1. The summed E-state index contributed by atoms with van der Waals surface area (Å²) in [5.74, 6) is 0.934. The van der Waals surface area contributed by atoms with Crippen LogP contribution in [0.2, 0.25) is 0 Å². The van der Waals surface area contributed by atoms with E-state index in [0.29, 0.717) is 11.9 Å². The van der Waals surface area contributed by atoms with Crippen molar-refractivity contribution < 1.29 is 0 Å². The molecule has 0 atom stereocenters. The van der Waals surface area contributed by atoms with Crippen molar-refractivity contribution in [3.8, 4) is 0 Å². The average molecular weight is 224 g/mol. The summed E-state index contributed by atoms with van der Waals surface area (Å²) in [6, 6.07) is 0.763. The van der Waals surface area contributed by atoms with Crippen LogP contribution < -0.4 is 11.1 Å². The summed E-state index contributed by atoms with van der Waals surface area (Å²) in [7, 11) is 2.18. The molecule has 0 aromatic carbocycles. The highest BCUT2D eigenvalue weighted by atomic mass is 15.3. The van der Waals surface area contributed by atoms with Crippen molar-refractivity contribution in [3.63, 3.8) is 0 Å². The van der Waals surface area contributed by atoms with Crippen LogP contribution in [0.15, 0.2) is 0 Å². The predicted molar refractivity (Wildman–Crippen MR) is 64.2 cm³/mol. The van der Waals surface area contributed by atoms with Crippen molar-refractivity contribution in [1.82, 2.24) is 20.1 Å². The van der Waals surface area contributed by atoms with Crippen LogP contribution in [-0.2, 0) is 0 Å². The maximum absolute atomic E-state index is 5.43. The zero-order valence-corrected chi connectivity index (χ0v) is 9.74. The number of nitrogens with one attached hydrogen (secondary N) is 2. The second kappa shape index (κ2) is 5.16. The van der Waals surface area contributed by atoms with E-state index in [1.807, 2.05) is 0 Å². The van der Waals surface area contributed by atoms with Gasteiger partial charge in [0.15, 0.2) is 0 Å². The molecule has 6 nitrogen and oxygen atoms in total. The van der Waals surface area contributed by atoms with Gasteiger partial charge in [0.05, 0.1) is 0 Å². The summed E-state index contributed by atoms with van der Waals surface area (Å²) < 4.78 is 0. The highest BCUT2D eigenvalue weighted by Gasteiger charge is 2.18. The lowest BCUT2D eigenvalue weighted by atomic mass is 10.2. The molecule has 0 spiro atoms. The number of nitrogens with two attached hydrogens (primary N) is 1. The summed E-state index contributed by atoms with van der Waals surface area (Å²) >= 11 is 0. The Labute approximate surface area is 95.6 Å². The minimum Gasteiger partial charge on any atom is -0.368 e. The monoisotopic (exact) mass is 224 g/mol. The molecular weight excluding hydrogens is 204 g/mol. The Kier molecular flexibility index (Phi) is 3.61. The number of likely N-dealkylation sites (N-methyl/N-ethyl adjacent to an activating group) is 1. The lowest BCUT2D eigenvalue weighted by Crippen LogP contribution is -2.33. The van der Waals surface area contributed by atoms with Gasteiger partial charge in [0.1, 0.15) is 0 Å². The molecule has 0 unspecified atom stereocenters. The van der Waals surface area contributed by atoms with E-state index in [9.17, 15) is 0 Å². The Morgan fingerprint density at radius 2 is 2.25 bits per heavy atom. The van der Waals surface area contributed by atoms with Crippen LogP contribution in [0.1, 0.15) is 25.7 Å². The molecule has 1 fully saturated rings. The molecule has 4 N–H and O–H groups in total. The molecule has 0 aliphatic heterocycles. The van der Waals surface area contributed by atoms with Crippen molar-refractivity contribution in [3.05, 3.63) is 0 Å². The fraction of sp³-hybridized carbons (Fsp3) is 0.800. The minimum atomic E-state index is 0.353. The van der Waals surface area contributed by atoms with Crippen LogP contribution in [-0.4, -0.2) is 46.3 Å². The van der Waals surface area contributed by atoms with Gasteiger partial charge in [0.25, 0.3) is 0 Å². The van der Waals surface area contributed by atoms with Gasteiger partial charge in [-0.2, -0.15) is 4.98 Å². The number of nitrogens with zero attached hydrogens (tertiary/aromatic N) is 3. The quantitative estimate of drug-likeness (QED) is 0.685. The van der Waals surface area contributed by atoms with Crippen molar-refractivity contribution in [1.29, 1.82) is 0 Å². The Morgan fingerprint density at radius 1 is 1.50 bits per heavy atom. The molecule has 1 heterocycles. The zero-order valence-electron chi connectivity index (χ0n) is 9.74. The lowest BCUT2D eigenvalue weighted by Gasteiger charge is -2.23. The first kappa shape index (κ1) is 11.2. The third kappa shape index (κ3) is 2.85. The number of H-pyrrole nitrogens is 1. The Balaban J connectivity index is 1.67. The van der Waals surface area contributed by atoms with Gasteiger partial charge in [-0.3, -0.25) is 0 Å². The van der Waals surface area contributed by atoms with Crippen LogP contribution in [0.3, 0.4) is 0 Å². The van der Waals surface area contributed by atoms with E-state index in [0.717, 1.165) is 19.1 Å². The topological polar surface area (TPSA) is 82.9 Å². The van der Waals surface area contributed by atoms with Gasteiger partial charge in [0.2, 0.25) is 11.9 Å². The van der Waals surface area contributed by atoms with Crippen molar-refractivity contribution >= 4 is 11.9 Å². The summed E-state index contributed by atoms with van der Waals surface area (Å²) in [6.07, 6.45) is 5.42. The molecule has 0 radical (unpaired) electrons. The molecule has 1 aliphatic rings. The van der Waals surface area contributed by atoms with Gasteiger partial charge in [-0.15, -0.1) is 5.10 Å². The van der Waals surface area contributed by atoms with Gasteiger partial charge in [-0.25, -0.2) is 5.10 Å². The summed E-state index contributed by atoms with van der Waals surface area (Å²) in [5.41, 5.74) is 5.43. The van der Waals surface area contributed by atoms with Crippen molar-refractivity contribution in [2.24, 2.45) is 0 Å². The van der Waals surface area contributed by atoms with Gasteiger partial charge in [0, 0.05) is 19.1 Å². The molecule has 0 saturated heterocycles. The molecule has 90 valence electrons. The predicted octanol–water partition coefficient (Wildman–Crippen LogP) is 0.673. The molecule has 2 rings (SSSR count). The third-order valence-electron chi connectivity index (χ3n) is 3.20. The summed E-state index contributed by atoms with van der Waals surface area (Å²) in [4.78, 5) is 6.40. The largest absolute Gasteiger partial charge is 0.368 e. The molecule has 16 heavy (non-hydrogen) atoms. The van der Waals surface area contributed by atoms with E-state index in [2.05, 4.69) is 32.4 Å². The number of anilines is 2. The van der Waals surface area contributed by atoms with Crippen molar-refractivity contribution in [2.75, 3.05) is 31.2 Å². The lowest BCUT2D eigenvalue weighted by molar-refractivity contribution is 0.254. The first-order valence-electron chi connectivity index (χ1n) is 5.87. The molecule has 1 aromatic heterocycles. The number of aromatic nitrogens is 3. The van der Waals surface area contributed by atoms with E-state index in [1.165, 1.54) is 25.7 Å². The Hall–Kier alpha value is -1.30. The van der Waals surface area contributed by atoms with E-state index in [-0.39, 0.29) is 0 Å². The van der Waals surface area contributed by atoms with Crippen LogP contribution >= 0.6 is 0 Å².